The summed E-state index contributed by atoms with van der Waals surface area (Å²) in [6, 6.07) is 9.46. The van der Waals surface area contributed by atoms with Crippen molar-refractivity contribution in [1.29, 1.82) is 0 Å². The fourth-order valence-electron chi connectivity index (χ4n) is 1.49. The van der Waals surface area contributed by atoms with E-state index in [9.17, 15) is 0 Å². The van der Waals surface area contributed by atoms with Crippen LogP contribution in [0, 0.1) is 0 Å². The quantitative estimate of drug-likeness (QED) is 0.601. The Labute approximate surface area is 122 Å². The topological polar surface area (TPSA) is 35.0 Å². The highest BCUT2D eigenvalue weighted by molar-refractivity contribution is 7.98. The first-order valence-electron chi connectivity index (χ1n) is 5.95. The zero-order chi connectivity index (χ0) is 13.8. The molecule has 0 amide bonds. The molecule has 100 valence electrons. The second kappa shape index (κ2) is 6.26. The summed E-state index contributed by atoms with van der Waals surface area (Å²) in [7, 11) is 0. The van der Waals surface area contributed by atoms with E-state index < -0.39 is 0 Å². The Morgan fingerprint density at radius 2 is 1.84 bits per heavy atom. The van der Waals surface area contributed by atoms with Gasteiger partial charge in [0.2, 0.25) is 5.88 Å². The van der Waals surface area contributed by atoms with Gasteiger partial charge in [0.05, 0.1) is 0 Å². The molecule has 0 saturated carbocycles. The summed E-state index contributed by atoms with van der Waals surface area (Å²) in [6.07, 6.45) is 2.04. The Morgan fingerprint density at radius 3 is 2.42 bits per heavy atom. The molecule has 0 spiro atoms. The van der Waals surface area contributed by atoms with Crippen LogP contribution in [0.15, 0.2) is 35.2 Å². The maximum atomic E-state index is 5.97. The molecule has 5 heteroatoms. The molecule has 0 unspecified atom stereocenters. The van der Waals surface area contributed by atoms with Gasteiger partial charge in [-0.1, -0.05) is 25.4 Å². The maximum Gasteiger partial charge on any atom is 0.224 e. The van der Waals surface area contributed by atoms with E-state index in [0.29, 0.717) is 16.9 Å². The van der Waals surface area contributed by atoms with Gasteiger partial charge in [-0.25, -0.2) is 4.98 Å². The molecule has 1 aromatic carbocycles. The van der Waals surface area contributed by atoms with Crippen molar-refractivity contribution < 1.29 is 4.74 Å². The second-order valence-corrected chi connectivity index (χ2v) is 5.59. The third kappa shape index (κ3) is 3.85. The van der Waals surface area contributed by atoms with Crippen LogP contribution in [0.3, 0.4) is 0 Å². The van der Waals surface area contributed by atoms with Crippen LogP contribution in [0.2, 0.25) is 5.15 Å². The number of benzene rings is 1. The van der Waals surface area contributed by atoms with E-state index in [-0.39, 0.29) is 5.92 Å². The fraction of sp³-hybridized carbons (Fsp3) is 0.286. The Morgan fingerprint density at radius 1 is 1.16 bits per heavy atom. The molecule has 0 fully saturated rings. The van der Waals surface area contributed by atoms with Crippen LogP contribution in [0.25, 0.3) is 0 Å². The van der Waals surface area contributed by atoms with Gasteiger partial charge in [-0.2, -0.15) is 4.98 Å². The van der Waals surface area contributed by atoms with Gasteiger partial charge in [0.1, 0.15) is 16.7 Å². The molecule has 0 saturated heterocycles. The molecule has 19 heavy (non-hydrogen) atoms. The van der Waals surface area contributed by atoms with E-state index in [1.165, 1.54) is 4.90 Å². The van der Waals surface area contributed by atoms with E-state index >= 15 is 0 Å². The fourth-order valence-corrected chi connectivity index (χ4v) is 2.08. The predicted molar refractivity (Wildman–Crippen MR) is 79.4 cm³/mol. The van der Waals surface area contributed by atoms with Crippen LogP contribution in [0.4, 0.5) is 0 Å². The molecule has 3 nitrogen and oxygen atoms in total. The second-order valence-electron chi connectivity index (χ2n) is 4.32. The van der Waals surface area contributed by atoms with Crippen LogP contribution in [0.5, 0.6) is 11.6 Å². The predicted octanol–water partition coefficient (Wildman–Crippen LogP) is 4.77. The van der Waals surface area contributed by atoms with Crippen molar-refractivity contribution in [3.63, 3.8) is 0 Å². The summed E-state index contributed by atoms with van der Waals surface area (Å²) in [5.74, 6) is 2.10. The number of halogens is 1. The molecule has 2 aromatic rings. The summed E-state index contributed by atoms with van der Waals surface area (Å²) >= 11 is 7.66. The summed E-state index contributed by atoms with van der Waals surface area (Å²) in [5, 5.41) is 0.398. The zero-order valence-corrected chi connectivity index (χ0v) is 12.6. The average Bonchev–Trinajstić information content (AvgIpc) is 2.39. The lowest BCUT2D eigenvalue weighted by Gasteiger charge is -2.09. The standard InChI is InChI=1S/C14H15ClN2OS/c1-9(2)14-16-12(15)8-13(17-14)18-10-4-6-11(19-3)7-5-10/h4-9H,1-3H3. The van der Waals surface area contributed by atoms with E-state index in [1.807, 2.05) is 44.4 Å². The molecule has 2 rings (SSSR count). The first-order chi connectivity index (χ1) is 9.08. The van der Waals surface area contributed by atoms with Crippen LogP contribution < -0.4 is 4.74 Å². The Bertz CT molecular complexity index is 558. The molecular formula is C14H15ClN2OS. The van der Waals surface area contributed by atoms with Crippen molar-refractivity contribution in [3.8, 4) is 11.6 Å². The van der Waals surface area contributed by atoms with E-state index in [2.05, 4.69) is 9.97 Å². The summed E-state index contributed by atoms with van der Waals surface area (Å²) in [4.78, 5) is 9.71. The largest absolute Gasteiger partial charge is 0.439 e. The van der Waals surface area contributed by atoms with Crippen molar-refractivity contribution in [2.75, 3.05) is 6.26 Å². The monoisotopic (exact) mass is 294 g/mol. The minimum absolute atomic E-state index is 0.208. The number of rotatable bonds is 4. The number of ether oxygens (including phenoxy) is 1. The number of nitrogens with zero attached hydrogens (tertiary/aromatic N) is 2. The van der Waals surface area contributed by atoms with E-state index in [4.69, 9.17) is 16.3 Å². The first-order valence-corrected chi connectivity index (χ1v) is 7.55. The molecule has 0 atom stereocenters. The summed E-state index contributed by atoms with van der Waals surface area (Å²) in [6.45, 7) is 4.03. The summed E-state index contributed by atoms with van der Waals surface area (Å²) in [5.41, 5.74) is 0. The Hall–Kier alpha value is -1.26. The van der Waals surface area contributed by atoms with Gasteiger partial charge in [0.25, 0.3) is 0 Å². The number of thioether (sulfide) groups is 1. The highest BCUT2D eigenvalue weighted by atomic mass is 35.5. The highest BCUT2D eigenvalue weighted by Gasteiger charge is 2.08. The lowest BCUT2D eigenvalue weighted by atomic mass is 10.2. The van der Waals surface area contributed by atoms with Crippen LogP contribution in [0.1, 0.15) is 25.6 Å². The minimum Gasteiger partial charge on any atom is -0.439 e. The van der Waals surface area contributed by atoms with Gasteiger partial charge in [-0.3, -0.25) is 0 Å². The Kier molecular flexibility index (Phi) is 4.66. The molecule has 1 aromatic heterocycles. The molecule has 1 heterocycles. The van der Waals surface area contributed by atoms with Crippen molar-refractivity contribution in [2.24, 2.45) is 0 Å². The molecule has 0 bridgehead atoms. The van der Waals surface area contributed by atoms with Crippen molar-refractivity contribution in [2.45, 2.75) is 24.7 Å². The van der Waals surface area contributed by atoms with Gasteiger partial charge in [-0.15, -0.1) is 11.8 Å². The van der Waals surface area contributed by atoms with Crippen molar-refractivity contribution >= 4 is 23.4 Å². The number of aromatic nitrogens is 2. The lowest BCUT2D eigenvalue weighted by molar-refractivity contribution is 0.456. The minimum atomic E-state index is 0.208. The average molecular weight is 295 g/mol. The van der Waals surface area contributed by atoms with E-state index in [0.717, 1.165) is 5.75 Å². The zero-order valence-electron chi connectivity index (χ0n) is 11.1. The SMILES string of the molecule is CSc1ccc(Oc2cc(Cl)nc(C(C)C)n2)cc1. The lowest BCUT2D eigenvalue weighted by Crippen LogP contribution is -1.99. The third-order valence-electron chi connectivity index (χ3n) is 2.49. The molecule has 0 aliphatic carbocycles. The van der Waals surface area contributed by atoms with Crippen molar-refractivity contribution in [1.82, 2.24) is 9.97 Å². The first kappa shape index (κ1) is 14.2. The van der Waals surface area contributed by atoms with Gasteiger partial charge < -0.3 is 4.74 Å². The highest BCUT2D eigenvalue weighted by Crippen LogP contribution is 2.25. The van der Waals surface area contributed by atoms with Crippen molar-refractivity contribution in [3.05, 3.63) is 41.3 Å². The smallest absolute Gasteiger partial charge is 0.224 e. The molecule has 0 radical (unpaired) electrons. The van der Waals surface area contributed by atoms with E-state index in [1.54, 1.807) is 17.8 Å². The molecule has 0 aliphatic rings. The van der Waals surface area contributed by atoms with Crippen LogP contribution >= 0.6 is 23.4 Å². The maximum absolute atomic E-state index is 5.97. The van der Waals surface area contributed by atoms with Crippen LogP contribution in [-0.4, -0.2) is 16.2 Å². The third-order valence-corrected chi connectivity index (χ3v) is 3.42. The number of hydrogen-bond acceptors (Lipinski definition) is 4. The molecule has 0 aliphatic heterocycles. The summed E-state index contributed by atoms with van der Waals surface area (Å²) < 4.78 is 5.70. The van der Waals surface area contributed by atoms with Gasteiger partial charge in [-0.05, 0) is 30.5 Å². The Balaban J connectivity index is 2.22. The number of hydrogen-bond donors (Lipinski definition) is 0. The van der Waals surface area contributed by atoms with Gasteiger partial charge in [0.15, 0.2) is 0 Å². The van der Waals surface area contributed by atoms with Gasteiger partial charge in [0, 0.05) is 16.9 Å². The van der Waals surface area contributed by atoms with Crippen LogP contribution in [-0.2, 0) is 0 Å². The molecule has 0 N–H and O–H groups in total. The molecular weight excluding hydrogens is 280 g/mol. The van der Waals surface area contributed by atoms with Gasteiger partial charge >= 0.3 is 0 Å². The normalized spacial score (nSPS) is 10.8.